The minimum Gasteiger partial charge on any atom is -0.480 e. The highest BCUT2D eigenvalue weighted by Crippen LogP contribution is 2.30. The predicted molar refractivity (Wildman–Crippen MR) is 55.5 cm³/mol. The van der Waals surface area contributed by atoms with E-state index in [9.17, 15) is 18.0 Å². The Bertz CT molecular complexity index is 398. The molecule has 0 saturated heterocycles. The monoisotopic (exact) mass is 247 g/mol. The zero-order valence-corrected chi connectivity index (χ0v) is 9.32. The second-order valence-corrected chi connectivity index (χ2v) is 3.82. The molecule has 0 aliphatic rings. The van der Waals surface area contributed by atoms with Gasteiger partial charge in [0.25, 0.3) is 0 Å². The van der Waals surface area contributed by atoms with Gasteiger partial charge in [0.1, 0.15) is 6.04 Å². The minimum absolute atomic E-state index is 0.315. The molecule has 1 rings (SSSR count). The van der Waals surface area contributed by atoms with Crippen molar-refractivity contribution in [3.63, 3.8) is 0 Å². The van der Waals surface area contributed by atoms with Crippen molar-refractivity contribution in [2.75, 3.05) is 14.1 Å². The van der Waals surface area contributed by atoms with Gasteiger partial charge in [-0.25, -0.2) is 0 Å². The van der Waals surface area contributed by atoms with Crippen LogP contribution in [0.25, 0.3) is 0 Å². The first-order valence-corrected chi connectivity index (χ1v) is 4.80. The third-order valence-corrected chi connectivity index (χ3v) is 2.30. The fraction of sp³-hybridized carbons (Fsp3) is 0.364. The number of alkyl halides is 3. The number of likely N-dealkylation sites (N-methyl/N-ethyl adjacent to an activating group) is 1. The largest absolute Gasteiger partial charge is 0.480 e. The van der Waals surface area contributed by atoms with Gasteiger partial charge in [0.2, 0.25) is 0 Å². The van der Waals surface area contributed by atoms with Crippen LogP contribution in [0.1, 0.15) is 17.2 Å². The molecule has 1 atom stereocenters. The molecule has 0 bridgehead atoms. The molecule has 0 aliphatic heterocycles. The summed E-state index contributed by atoms with van der Waals surface area (Å²) in [5.41, 5.74) is -0.473. The van der Waals surface area contributed by atoms with E-state index in [1.807, 2.05) is 0 Å². The van der Waals surface area contributed by atoms with Crippen LogP contribution >= 0.6 is 0 Å². The zero-order chi connectivity index (χ0) is 13.2. The summed E-state index contributed by atoms with van der Waals surface area (Å²) in [4.78, 5) is 12.4. The lowest BCUT2D eigenvalue weighted by atomic mass is 10.0. The number of aliphatic carboxylic acids is 1. The number of carboxylic acid groups (broad SMARTS) is 1. The Balaban J connectivity index is 3.05. The summed E-state index contributed by atoms with van der Waals surface area (Å²) >= 11 is 0. The van der Waals surface area contributed by atoms with Crippen LogP contribution in [0.3, 0.4) is 0 Å². The van der Waals surface area contributed by atoms with E-state index in [1.165, 1.54) is 17.0 Å². The van der Waals surface area contributed by atoms with Crippen LogP contribution in [-0.2, 0) is 11.0 Å². The van der Waals surface area contributed by atoms with E-state index < -0.39 is 23.8 Å². The van der Waals surface area contributed by atoms with Crippen molar-refractivity contribution >= 4 is 5.97 Å². The molecule has 94 valence electrons. The average Bonchev–Trinajstić information content (AvgIpc) is 2.15. The van der Waals surface area contributed by atoms with Gasteiger partial charge in [-0.2, -0.15) is 13.2 Å². The van der Waals surface area contributed by atoms with Gasteiger partial charge in [0.15, 0.2) is 0 Å². The average molecular weight is 247 g/mol. The number of rotatable bonds is 3. The lowest BCUT2D eigenvalue weighted by molar-refractivity contribution is -0.142. The summed E-state index contributed by atoms with van der Waals surface area (Å²) in [6, 6.07) is 3.18. The number of halogens is 3. The number of hydrogen-bond acceptors (Lipinski definition) is 2. The first-order chi connectivity index (χ1) is 7.73. The molecule has 0 aromatic heterocycles. The topological polar surface area (TPSA) is 40.5 Å². The SMILES string of the molecule is CN(C)C(C(=O)O)c1ccc(C(F)(F)F)cc1. The van der Waals surface area contributed by atoms with E-state index in [2.05, 4.69) is 0 Å². The van der Waals surface area contributed by atoms with E-state index >= 15 is 0 Å². The molecule has 0 radical (unpaired) electrons. The first kappa shape index (κ1) is 13.5. The smallest absolute Gasteiger partial charge is 0.416 e. The van der Waals surface area contributed by atoms with E-state index in [1.54, 1.807) is 14.1 Å². The number of nitrogens with zero attached hydrogens (tertiary/aromatic N) is 1. The van der Waals surface area contributed by atoms with Gasteiger partial charge in [-0.1, -0.05) is 12.1 Å². The molecular weight excluding hydrogens is 235 g/mol. The fourth-order valence-corrected chi connectivity index (χ4v) is 1.52. The van der Waals surface area contributed by atoms with Crippen LogP contribution in [-0.4, -0.2) is 30.1 Å². The van der Waals surface area contributed by atoms with Crippen LogP contribution in [0.2, 0.25) is 0 Å². The third-order valence-electron chi connectivity index (χ3n) is 2.30. The third kappa shape index (κ3) is 3.20. The molecule has 1 aromatic rings. The highest BCUT2D eigenvalue weighted by atomic mass is 19.4. The summed E-state index contributed by atoms with van der Waals surface area (Å²) in [5.74, 6) is -1.10. The van der Waals surface area contributed by atoms with Crippen molar-refractivity contribution < 1.29 is 23.1 Å². The summed E-state index contributed by atoms with van der Waals surface area (Å²) < 4.78 is 36.9. The lowest BCUT2D eigenvalue weighted by Gasteiger charge is -2.20. The van der Waals surface area contributed by atoms with Gasteiger partial charge < -0.3 is 5.11 Å². The highest BCUT2D eigenvalue weighted by molar-refractivity contribution is 5.75. The molecule has 3 nitrogen and oxygen atoms in total. The number of carboxylic acids is 1. The molecule has 0 aliphatic carbocycles. The van der Waals surface area contributed by atoms with Gasteiger partial charge >= 0.3 is 12.1 Å². The molecule has 0 fully saturated rings. The Morgan fingerprint density at radius 3 is 2.00 bits per heavy atom. The second-order valence-electron chi connectivity index (χ2n) is 3.82. The quantitative estimate of drug-likeness (QED) is 0.891. The van der Waals surface area contributed by atoms with E-state index in [0.717, 1.165) is 12.1 Å². The van der Waals surface area contributed by atoms with Crippen molar-refractivity contribution in [1.82, 2.24) is 4.90 Å². The van der Waals surface area contributed by atoms with Crippen LogP contribution in [0.15, 0.2) is 24.3 Å². The number of carbonyl (C=O) groups is 1. The highest BCUT2D eigenvalue weighted by Gasteiger charge is 2.31. The van der Waals surface area contributed by atoms with E-state index in [0.29, 0.717) is 5.56 Å². The number of benzene rings is 1. The van der Waals surface area contributed by atoms with Crippen LogP contribution in [0.4, 0.5) is 13.2 Å². The van der Waals surface area contributed by atoms with Crippen LogP contribution in [0.5, 0.6) is 0 Å². The second kappa shape index (κ2) is 4.75. The normalized spacial score (nSPS) is 13.8. The van der Waals surface area contributed by atoms with E-state index in [-0.39, 0.29) is 0 Å². The molecular formula is C11H12F3NO2. The molecule has 0 saturated carbocycles. The Hall–Kier alpha value is -1.56. The minimum atomic E-state index is -4.41. The summed E-state index contributed by atoms with van der Waals surface area (Å²) in [7, 11) is 3.10. The molecule has 1 unspecified atom stereocenters. The van der Waals surface area contributed by atoms with Gasteiger partial charge in [0, 0.05) is 0 Å². The zero-order valence-electron chi connectivity index (χ0n) is 9.32. The lowest BCUT2D eigenvalue weighted by Crippen LogP contribution is -2.27. The molecule has 0 amide bonds. The molecule has 17 heavy (non-hydrogen) atoms. The first-order valence-electron chi connectivity index (χ1n) is 4.80. The van der Waals surface area contributed by atoms with Crippen molar-refractivity contribution in [1.29, 1.82) is 0 Å². The summed E-state index contributed by atoms with van der Waals surface area (Å²) in [6.07, 6.45) is -4.41. The van der Waals surface area contributed by atoms with Gasteiger partial charge in [-0.05, 0) is 31.8 Å². The standard InChI is InChI=1S/C11H12F3NO2/c1-15(2)9(10(16)17)7-3-5-8(6-4-7)11(12,13)14/h3-6,9H,1-2H3,(H,16,17). The van der Waals surface area contributed by atoms with Gasteiger partial charge in [-0.15, -0.1) is 0 Å². The van der Waals surface area contributed by atoms with Crippen LogP contribution in [0, 0.1) is 0 Å². The molecule has 1 aromatic carbocycles. The van der Waals surface area contributed by atoms with E-state index in [4.69, 9.17) is 5.11 Å². The summed E-state index contributed by atoms with van der Waals surface area (Å²) in [6.45, 7) is 0. The Labute approximate surface area is 96.5 Å². The Kier molecular flexibility index (Phi) is 3.77. The van der Waals surface area contributed by atoms with Crippen LogP contribution < -0.4 is 0 Å². The van der Waals surface area contributed by atoms with Gasteiger partial charge in [0.05, 0.1) is 5.56 Å². The molecule has 1 N–H and O–H groups in total. The maximum absolute atomic E-state index is 12.3. The van der Waals surface area contributed by atoms with Crippen molar-refractivity contribution in [3.05, 3.63) is 35.4 Å². The maximum Gasteiger partial charge on any atom is 0.416 e. The van der Waals surface area contributed by atoms with Crippen molar-refractivity contribution in [3.8, 4) is 0 Å². The Morgan fingerprint density at radius 1 is 1.24 bits per heavy atom. The molecule has 0 spiro atoms. The summed E-state index contributed by atoms with van der Waals surface area (Å²) in [5, 5.41) is 8.96. The van der Waals surface area contributed by atoms with Gasteiger partial charge in [-0.3, -0.25) is 9.69 Å². The number of hydrogen-bond donors (Lipinski definition) is 1. The van der Waals surface area contributed by atoms with Crippen molar-refractivity contribution in [2.24, 2.45) is 0 Å². The maximum atomic E-state index is 12.3. The molecule has 0 heterocycles. The fourth-order valence-electron chi connectivity index (χ4n) is 1.52. The Morgan fingerprint density at radius 2 is 1.71 bits per heavy atom. The predicted octanol–water partition coefficient (Wildman–Crippen LogP) is 2.39. The molecule has 6 heteroatoms. The van der Waals surface area contributed by atoms with Crippen molar-refractivity contribution in [2.45, 2.75) is 12.2 Å².